The van der Waals surface area contributed by atoms with Crippen molar-refractivity contribution in [1.82, 2.24) is 4.90 Å². The van der Waals surface area contributed by atoms with Crippen LogP contribution in [0.4, 0.5) is 0 Å². The van der Waals surface area contributed by atoms with Gasteiger partial charge in [-0.05, 0) is 32.9 Å². The maximum absolute atomic E-state index is 10.5. The number of hydrogen-bond donors (Lipinski definition) is 1. The van der Waals surface area contributed by atoms with Gasteiger partial charge in [0.1, 0.15) is 0 Å². The SMILES string of the molecule is Cc1cccc(CC(C)N(C)CCC(=O)O)c1. The highest BCUT2D eigenvalue weighted by Crippen LogP contribution is 2.10. The van der Waals surface area contributed by atoms with Crippen molar-refractivity contribution in [2.24, 2.45) is 0 Å². The monoisotopic (exact) mass is 235 g/mol. The zero-order chi connectivity index (χ0) is 12.8. The Labute approximate surface area is 103 Å². The average Bonchev–Trinajstić information content (AvgIpc) is 2.25. The van der Waals surface area contributed by atoms with E-state index in [9.17, 15) is 4.79 Å². The number of aliphatic carboxylic acids is 1. The number of aryl methyl sites for hydroxylation is 1. The van der Waals surface area contributed by atoms with Crippen LogP contribution >= 0.6 is 0 Å². The van der Waals surface area contributed by atoms with Crippen LogP contribution in [-0.4, -0.2) is 35.6 Å². The maximum Gasteiger partial charge on any atom is 0.304 e. The Morgan fingerprint density at radius 1 is 1.47 bits per heavy atom. The summed E-state index contributed by atoms with van der Waals surface area (Å²) in [5, 5.41) is 8.64. The third-order valence-corrected chi connectivity index (χ3v) is 3.04. The molecule has 0 spiro atoms. The molecule has 17 heavy (non-hydrogen) atoms. The van der Waals surface area contributed by atoms with E-state index < -0.39 is 5.97 Å². The molecule has 0 bridgehead atoms. The third-order valence-electron chi connectivity index (χ3n) is 3.04. The van der Waals surface area contributed by atoms with Crippen molar-refractivity contribution in [3.05, 3.63) is 35.4 Å². The molecule has 0 saturated carbocycles. The molecule has 0 radical (unpaired) electrons. The van der Waals surface area contributed by atoms with Crippen molar-refractivity contribution in [3.8, 4) is 0 Å². The third kappa shape index (κ3) is 5.00. The number of nitrogens with zero attached hydrogens (tertiary/aromatic N) is 1. The van der Waals surface area contributed by atoms with E-state index in [1.807, 2.05) is 7.05 Å². The molecular weight excluding hydrogens is 214 g/mol. The van der Waals surface area contributed by atoms with Gasteiger partial charge >= 0.3 is 5.97 Å². The maximum atomic E-state index is 10.5. The highest BCUT2D eigenvalue weighted by Gasteiger charge is 2.11. The molecule has 0 aliphatic heterocycles. The Balaban J connectivity index is 2.48. The Hall–Kier alpha value is -1.35. The van der Waals surface area contributed by atoms with Crippen LogP contribution in [0.5, 0.6) is 0 Å². The van der Waals surface area contributed by atoms with Crippen LogP contribution in [0, 0.1) is 6.92 Å². The lowest BCUT2D eigenvalue weighted by Gasteiger charge is -2.24. The Morgan fingerprint density at radius 3 is 2.76 bits per heavy atom. The highest BCUT2D eigenvalue weighted by molar-refractivity contribution is 5.66. The zero-order valence-corrected chi connectivity index (χ0v) is 10.8. The molecule has 1 rings (SSSR count). The van der Waals surface area contributed by atoms with Crippen molar-refractivity contribution >= 4 is 5.97 Å². The highest BCUT2D eigenvalue weighted by atomic mass is 16.4. The molecule has 94 valence electrons. The van der Waals surface area contributed by atoms with E-state index in [1.165, 1.54) is 11.1 Å². The average molecular weight is 235 g/mol. The van der Waals surface area contributed by atoms with Crippen LogP contribution in [0.3, 0.4) is 0 Å². The van der Waals surface area contributed by atoms with E-state index >= 15 is 0 Å². The van der Waals surface area contributed by atoms with Gasteiger partial charge in [0.05, 0.1) is 6.42 Å². The first kappa shape index (κ1) is 13.7. The van der Waals surface area contributed by atoms with Gasteiger partial charge in [-0.3, -0.25) is 4.79 Å². The van der Waals surface area contributed by atoms with Crippen LogP contribution in [0.2, 0.25) is 0 Å². The molecule has 0 saturated heterocycles. The van der Waals surface area contributed by atoms with E-state index in [0.717, 1.165) is 6.42 Å². The molecule has 0 heterocycles. The lowest BCUT2D eigenvalue weighted by molar-refractivity contribution is -0.137. The van der Waals surface area contributed by atoms with Crippen molar-refractivity contribution in [3.63, 3.8) is 0 Å². The molecule has 3 nitrogen and oxygen atoms in total. The van der Waals surface area contributed by atoms with Crippen molar-refractivity contribution in [2.75, 3.05) is 13.6 Å². The number of benzene rings is 1. The number of rotatable bonds is 6. The van der Waals surface area contributed by atoms with E-state index in [1.54, 1.807) is 0 Å². The van der Waals surface area contributed by atoms with Crippen LogP contribution in [0.15, 0.2) is 24.3 Å². The first-order chi connectivity index (χ1) is 7.99. The molecule has 0 aliphatic carbocycles. The standard InChI is InChI=1S/C14H21NO2/c1-11-5-4-6-13(9-11)10-12(2)15(3)8-7-14(16)17/h4-6,9,12H,7-8,10H2,1-3H3,(H,16,17). The fraction of sp³-hybridized carbons (Fsp3) is 0.500. The van der Waals surface area contributed by atoms with Gasteiger partial charge in [0.25, 0.3) is 0 Å². The molecule has 0 aromatic heterocycles. The second-order valence-electron chi connectivity index (χ2n) is 4.67. The summed E-state index contributed by atoms with van der Waals surface area (Å²) in [5.74, 6) is -0.736. The van der Waals surface area contributed by atoms with Gasteiger partial charge in [-0.25, -0.2) is 0 Å². The van der Waals surface area contributed by atoms with Crippen LogP contribution in [-0.2, 0) is 11.2 Å². The fourth-order valence-electron chi connectivity index (χ4n) is 1.83. The number of carbonyl (C=O) groups is 1. The van der Waals surface area contributed by atoms with Gasteiger partial charge in [-0.15, -0.1) is 0 Å². The summed E-state index contributed by atoms with van der Waals surface area (Å²) in [6.07, 6.45) is 1.16. The minimum atomic E-state index is -0.736. The summed E-state index contributed by atoms with van der Waals surface area (Å²) >= 11 is 0. The second-order valence-corrected chi connectivity index (χ2v) is 4.67. The molecule has 1 aromatic rings. The van der Waals surface area contributed by atoms with Gasteiger partial charge in [-0.2, -0.15) is 0 Å². The predicted molar refractivity (Wildman–Crippen MR) is 69.2 cm³/mol. The van der Waals surface area contributed by atoms with Gasteiger partial charge in [0.2, 0.25) is 0 Å². The molecule has 0 fully saturated rings. The number of hydrogen-bond acceptors (Lipinski definition) is 2. The Morgan fingerprint density at radius 2 is 2.18 bits per heavy atom. The molecular formula is C14H21NO2. The van der Waals surface area contributed by atoms with Gasteiger partial charge in [-0.1, -0.05) is 29.8 Å². The van der Waals surface area contributed by atoms with Gasteiger partial charge in [0, 0.05) is 12.6 Å². The van der Waals surface area contributed by atoms with Crippen molar-refractivity contribution < 1.29 is 9.90 Å². The summed E-state index contributed by atoms with van der Waals surface area (Å²) in [4.78, 5) is 12.6. The summed E-state index contributed by atoms with van der Waals surface area (Å²) in [5.41, 5.74) is 2.57. The summed E-state index contributed by atoms with van der Waals surface area (Å²) in [7, 11) is 1.98. The van der Waals surface area contributed by atoms with E-state index in [0.29, 0.717) is 12.6 Å². The molecule has 3 heteroatoms. The Bertz CT molecular complexity index is 376. The normalized spacial score (nSPS) is 12.7. The number of likely N-dealkylation sites (N-methyl/N-ethyl adjacent to an activating group) is 1. The minimum absolute atomic E-state index is 0.203. The Kier molecular flexibility index (Phi) is 5.16. The van der Waals surface area contributed by atoms with Crippen molar-refractivity contribution in [2.45, 2.75) is 32.7 Å². The first-order valence-corrected chi connectivity index (χ1v) is 5.96. The molecule has 1 N–H and O–H groups in total. The lowest BCUT2D eigenvalue weighted by atomic mass is 10.0. The van der Waals surface area contributed by atoms with Crippen LogP contribution in [0.1, 0.15) is 24.5 Å². The molecule has 1 aromatic carbocycles. The molecule has 0 amide bonds. The molecule has 1 atom stereocenters. The predicted octanol–water partition coefficient (Wildman–Crippen LogP) is 2.33. The zero-order valence-electron chi connectivity index (χ0n) is 10.8. The largest absolute Gasteiger partial charge is 0.481 e. The molecule has 0 aliphatic rings. The summed E-state index contributed by atoms with van der Waals surface area (Å²) in [6, 6.07) is 8.81. The fourth-order valence-corrected chi connectivity index (χ4v) is 1.83. The summed E-state index contributed by atoms with van der Waals surface area (Å²) in [6.45, 7) is 4.81. The van der Waals surface area contributed by atoms with E-state index in [2.05, 4.69) is 43.0 Å². The topological polar surface area (TPSA) is 40.5 Å². The van der Waals surface area contributed by atoms with Crippen LogP contribution < -0.4 is 0 Å². The second kappa shape index (κ2) is 6.40. The van der Waals surface area contributed by atoms with Gasteiger partial charge in [0.15, 0.2) is 0 Å². The number of carboxylic acids is 1. The summed E-state index contributed by atoms with van der Waals surface area (Å²) < 4.78 is 0. The van der Waals surface area contributed by atoms with E-state index in [-0.39, 0.29) is 6.42 Å². The lowest BCUT2D eigenvalue weighted by Crippen LogP contribution is -2.32. The quantitative estimate of drug-likeness (QED) is 0.822. The number of carboxylic acid groups (broad SMARTS) is 1. The first-order valence-electron chi connectivity index (χ1n) is 5.96. The smallest absolute Gasteiger partial charge is 0.304 e. The molecule has 1 unspecified atom stereocenters. The van der Waals surface area contributed by atoms with Crippen LogP contribution in [0.25, 0.3) is 0 Å². The van der Waals surface area contributed by atoms with Gasteiger partial charge < -0.3 is 10.0 Å². The minimum Gasteiger partial charge on any atom is -0.481 e. The van der Waals surface area contributed by atoms with Crippen molar-refractivity contribution in [1.29, 1.82) is 0 Å². The van der Waals surface area contributed by atoms with E-state index in [4.69, 9.17) is 5.11 Å².